The first-order chi connectivity index (χ1) is 9.57. The fourth-order valence-electron chi connectivity index (χ4n) is 4.06. The van der Waals surface area contributed by atoms with E-state index in [1.807, 2.05) is 20.8 Å². The molecule has 2 aliphatic carbocycles. The SMILES string of the molecule is CCO[Si](OCC)(OCC)C1CC2CC1CC2C(=O)O. The Morgan fingerprint density at radius 3 is 1.90 bits per heavy atom. The van der Waals surface area contributed by atoms with Crippen molar-refractivity contribution >= 4 is 14.8 Å². The summed E-state index contributed by atoms with van der Waals surface area (Å²) in [6.07, 6.45) is 2.63. The Balaban J connectivity index is 2.14. The molecule has 6 heteroatoms. The minimum absolute atomic E-state index is 0.173. The summed E-state index contributed by atoms with van der Waals surface area (Å²) in [5.41, 5.74) is 0.281. The van der Waals surface area contributed by atoms with Gasteiger partial charge in [-0.25, -0.2) is 0 Å². The normalized spacial score (nSPS) is 32.8. The van der Waals surface area contributed by atoms with Crippen LogP contribution in [-0.4, -0.2) is 39.7 Å². The molecule has 2 saturated carbocycles. The molecule has 5 nitrogen and oxygen atoms in total. The number of hydrogen-bond acceptors (Lipinski definition) is 4. The van der Waals surface area contributed by atoms with Crippen LogP contribution < -0.4 is 0 Å². The molecule has 0 aromatic heterocycles. The summed E-state index contributed by atoms with van der Waals surface area (Å²) in [5.74, 6) is -0.159. The molecule has 0 aromatic rings. The van der Waals surface area contributed by atoms with Gasteiger partial charge in [-0.2, -0.15) is 0 Å². The number of carbonyl (C=O) groups is 1. The molecule has 0 radical (unpaired) electrons. The van der Waals surface area contributed by atoms with Gasteiger partial charge < -0.3 is 18.4 Å². The van der Waals surface area contributed by atoms with Crippen LogP contribution >= 0.6 is 0 Å². The second-order valence-electron chi connectivity index (χ2n) is 5.68. The summed E-state index contributed by atoms with van der Waals surface area (Å²) in [4.78, 5) is 11.2. The minimum atomic E-state index is -2.67. The fourth-order valence-corrected chi connectivity index (χ4v) is 7.60. The number of rotatable bonds is 8. The van der Waals surface area contributed by atoms with Gasteiger partial charge in [-0.05, 0) is 51.9 Å². The molecule has 2 fully saturated rings. The number of carboxylic acid groups (broad SMARTS) is 1. The molecule has 2 bridgehead atoms. The van der Waals surface area contributed by atoms with Crippen LogP contribution in [-0.2, 0) is 18.1 Å². The van der Waals surface area contributed by atoms with Crippen molar-refractivity contribution in [2.45, 2.75) is 45.6 Å². The number of aliphatic carboxylic acids is 1. The predicted octanol–water partition coefficient (Wildman–Crippen LogP) is 2.54. The van der Waals surface area contributed by atoms with Crippen molar-refractivity contribution < 1.29 is 23.2 Å². The van der Waals surface area contributed by atoms with Crippen LogP contribution in [0.2, 0.25) is 5.54 Å². The minimum Gasteiger partial charge on any atom is -0.481 e. The summed E-state index contributed by atoms with van der Waals surface area (Å²) in [5, 5.41) is 9.25. The van der Waals surface area contributed by atoms with Gasteiger partial charge in [-0.15, -0.1) is 0 Å². The van der Waals surface area contributed by atoms with Gasteiger partial charge in [-0.1, -0.05) is 0 Å². The van der Waals surface area contributed by atoms with E-state index in [-0.39, 0.29) is 17.4 Å². The van der Waals surface area contributed by atoms with Gasteiger partial charge in [0, 0.05) is 25.4 Å². The van der Waals surface area contributed by atoms with Gasteiger partial charge in [0.15, 0.2) is 0 Å². The van der Waals surface area contributed by atoms with Gasteiger partial charge in [-0.3, -0.25) is 4.79 Å². The molecule has 0 aromatic carbocycles. The van der Waals surface area contributed by atoms with Gasteiger partial charge >= 0.3 is 14.8 Å². The van der Waals surface area contributed by atoms with Crippen molar-refractivity contribution in [1.29, 1.82) is 0 Å². The number of hydrogen-bond donors (Lipinski definition) is 1. The molecule has 0 heterocycles. The van der Waals surface area contributed by atoms with Crippen molar-refractivity contribution in [3.63, 3.8) is 0 Å². The van der Waals surface area contributed by atoms with E-state index in [0.717, 1.165) is 19.3 Å². The lowest BCUT2D eigenvalue weighted by molar-refractivity contribution is -0.143. The first-order valence-electron chi connectivity index (χ1n) is 7.72. The average Bonchev–Trinajstić information content (AvgIpc) is 2.99. The van der Waals surface area contributed by atoms with E-state index in [0.29, 0.717) is 25.7 Å². The first kappa shape index (κ1) is 15.9. The summed E-state index contributed by atoms with van der Waals surface area (Å²) >= 11 is 0. The second-order valence-corrected chi connectivity index (χ2v) is 8.50. The highest BCUT2D eigenvalue weighted by molar-refractivity contribution is 6.62. The van der Waals surface area contributed by atoms with E-state index in [9.17, 15) is 9.90 Å². The summed E-state index contributed by atoms with van der Waals surface area (Å²) in [7, 11) is -2.67. The lowest BCUT2D eigenvalue weighted by atomic mass is 9.89. The molecular formula is C14H26O5Si. The Morgan fingerprint density at radius 1 is 1.00 bits per heavy atom. The number of carboxylic acids is 1. The third kappa shape index (κ3) is 2.79. The Bertz CT molecular complexity index is 331. The Morgan fingerprint density at radius 2 is 1.55 bits per heavy atom. The molecule has 2 rings (SSSR count). The standard InChI is InChI=1S/C14H26O5Si/c1-4-17-20(18-5-2,19-6-3)13-9-10-7-11(13)8-12(10)14(15)16/h10-13H,4-9H2,1-3H3,(H,15,16). The highest BCUT2D eigenvalue weighted by Crippen LogP contribution is 2.58. The zero-order chi connectivity index (χ0) is 14.8. The van der Waals surface area contributed by atoms with Crippen LogP contribution in [0.1, 0.15) is 40.0 Å². The third-order valence-corrected chi connectivity index (χ3v) is 8.35. The summed E-state index contributed by atoms with van der Waals surface area (Å²) in [6, 6.07) is 0. The monoisotopic (exact) mass is 302 g/mol. The topological polar surface area (TPSA) is 65.0 Å². The van der Waals surface area contributed by atoms with E-state index in [1.54, 1.807) is 0 Å². The number of fused-ring (bicyclic) bond motifs is 2. The molecule has 4 atom stereocenters. The molecule has 1 N–H and O–H groups in total. The molecule has 4 unspecified atom stereocenters. The molecule has 0 spiro atoms. The van der Waals surface area contributed by atoms with Crippen LogP contribution in [0.25, 0.3) is 0 Å². The van der Waals surface area contributed by atoms with Crippen molar-refractivity contribution in [2.75, 3.05) is 19.8 Å². The summed E-state index contributed by atoms with van der Waals surface area (Å²) in [6.45, 7) is 7.65. The lowest BCUT2D eigenvalue weighted by Crippen LogP contribution is -2.52. The highest BCUT2D eigenvalue weighted by Gasteiger charge is 2.61. The molecule has 0 aliphatic heterocycles. The van der Waals surface area contributed by atoms with Gasteiger partial charge in [0.2, 0.25) is 0 Å². The van der Waals surface area contributed by atoms with Crippen LogP contribution in [0.3, 0.4) is 0 Å². The molecule has 116 valence electrons. The first-order valence-corrected chi connectivity index (χ1v) is 9.52. The maximum Gasteiger partial charge on any atom is 0.504 e. The van der Waals surface area contributed by atoms with Crippen LogP contribution in [0.15, 0.2) is 0 Å². The zero-order valence-corrected chi connectivity index (χ0v) is 13.6. The van der Waals surface area contributed by atoms with E-state index in [1.165, 1.54) is 0 Å². The van der Waals surface area contributed by atoms with Crippen LogP contribution in [0, 0.1) is 17.8 Å². The van der Waals surface area contributed by atoms with Gasteiger partial charge in [0.05, 0.1) is 5.92 Å². The quantitative estimate of drug-likeness (QED) is 0.698. The zero-order valence-electron chi connectivity index (χ0n) is 12.6. The molecule has 20 heavy (non-hydrogen) atoms. The lowest BCUT2D eigenvalue weighted by Gasteiger charge is -2.38. The third-order valence-electron chi connectivity index (χ3n) is 4.66. The molecular weight excluding hydrogens is 276 g/mol. The van der Waals surface area contributed by atoms with E-state index in [4.69, 9.17) is 13.3 Å². The highest BCUT2D eigenvalue weighted by atomic mass is 28.4. The molecule has 2 aliphatic rings. The van der Waals surface area contributed by atoms with E-state index < -0.39 is 14.8 Å². The van der Waals surface area contributed by atoms with Gasteiger partial charge in [0.25, 0.3) is 0 Å². The average molecular weight is 302 g/mol. The Hall–Kier alpha value is -0.433. The Labute approximate surface area is 122 Å². The maximum absolute atomic E-state index is 11.2. The van der Waals surface area contributed by atoms with E-state index in [2.05, 4.69) is 0 Å². The molecule has 0 saturated heterocycles. The van der Waals surface area contributed by atoms with Gasteiger partial charge in [0.1, 0.15) is 0 Å². The maximum atomic E-state index is 11.2. The molecule has 0 amide bonds. The van der Waals surface area contributed by atoms with Crippen molar-refractivity contribution in [3.05, 3.63) is 0 Å². The van der Waals surface area contributed by atoms with Crippen LogP contribution in [0.4, 0.5) is 0 Å². The Kier molecular flexibility index (Phi) is 5.23. The summed E-state index contributed by atoms with van der Waals surface area (Å²) < 4.78 is 18.0. The van der Waals surface area contributed by atoms with Crippen molar-refractivity contribution in [2.24, 2.45) is 17.8 Å². The van der Waals surface area contributed by atoms with Crippen LogP contribution in [0.5, 0.6) is 0 Å². The van der Waals surface area contributed by atoms with E-state index >= 15 is 0 Å². The van der Waals surface area contributed by atoms with Crippen molar-refractivity contribution in [1.82, 2.24) is 0 Å². The second kappa shape index (κ2) is 6.55. The smallest absolute Gasteiger partial charge is 0.481 e. The fraction of sp³-hybridized carbons (Fsp3) is 0.929. The largest absolute Gasteiger partial charge is 0.504 e. The predicted molar refractivity (Wildman–Crippen MR) is 76.3 cm³/mol. The van der Waals surface area contributed by atoms with Crippen molar-refractivity contribution in [3.8, 4) is 0 Å².